The van der Waals surface area contributed by atoms with E-state index >= 15 is 0 Å². The van der Waals surface area contributed by atoms with Crippen LogP contribution in [0.2, 0.25) is 5.02 Å². The highest BCUT2D eigenvalue weighted by Gasteiger charge is 2.32. The van der Waals surface area contributed by atoms with Crippen molar-refractivity contribution in [2.75, 3.05) is 50.8 Å². The van der Waals surface area contributed by atoms with E-state index in [0.29, 0.717) is 43.2 Å². The Bertz CT molecular complexity index is 971. The Morgan fingerprint density at radius 3 is 2.70 bits per heavy atom. The molecule has 0 bridgehead atoms. The van der Waals surface area contributed by atoms with Gasteiger partial charge in [0.1, 0.15) is 12.1 Å². The zero-order valence-corrected chi connectivity index (χ0v) is 19.9. The van der Waals surface area contributed by atoms with Crippen molar-refractivity contribution in [3.63, 3.8) is 0 Å². The summed E-state index contributed by atoms with van der Waals surface area (Å²) in [5.74, 6) is 1.49. The number of amides is 1. The standard InChI is InChI=1S/C25H32ClN5O2/c1-17-2-7-22-23(17)24(29-16-28-22)30-9-11-31(12-10-30)25(32)21(14-27-20-8-13-33-15-20)18-3-5-19(26)6-4-18/h3-6,16-17,20-21,27H,2,7-15H2,1H3/t17-,20?,21-/m1/s1. The van der Waals surface area contributed by atoms with Gasteiger partial charge >= 0.3 is 0 Å². The number of aromatic nitrogens is 2. The van der Waals surface area contributed by atoms with Crippen molar-refractivity contribution in [2.45, 2.75) is 44.1 Å². The van der Waals surface area contributed by atoms with Crippen LogP contribution in [0.4, 0.5) is 5.82 Å². The molecule has 2 aromatic rings. The lowest BCUT2D eigenvalue weighted by Crippen LogP contribution is -2.51. The van der Waals surface area contributed by atoms with E-state index in [-0.39, 0.29) is 11.8 Å². The molecule has 3 atom stereocenters. The highest BCUT2D eigenvalue weighted by atomic mass is 35.5. The van der Waals surface area contributed by atoms with Gasteiger partial charge in [0.25, 0.3) is 0 Å². The van der Waals surface area contributed by atoms with Crippen molar-refractivity contribution >= 4 is 23.3 Å². The number of fused-ring (bicyclic) bond motifs is 1. The summed E-state index contributed by atoms with van der Waals surface area (Å²) in [4.78, 5) is 27.1. The number of rotatable bonds is 6. The lowest BCUT2D eigenvalue weighted by atomic mass is 9.96. The van der Waals surface area contributed by atoms with E-state index in [0.717, 1.165) is 50.3 Å². The van der Waals surface area contributed by atoms with Crippen molar-refractivity contribution in [1.29, 1.82) is 0 Å². The second kappa shape index (κ2) is 9.95. The Hall–Kier alpha value is -2.22. The number of halogens is 1. The van der Waals surface area contributed by atoms with Crippen LogP contribution in [-0.2, 0) is 16.0 Å². The number of piperazine rings is 1. The van der Waals surface area contributed by atoms with Crippen molar-refractivity contribution in [2.24, 2.45) is 0 Å². The van der Waals surface area contributed by atoms with Crippen molar-refractivity contribution < 1.29 is 9.53 Å². The first-order valence-electron chi connectivity index (χ1n) is 12.0. The van der Waals surface area contributed by atoms with Crippen LogP contribution in [0.5, 0.6) is 0 Å². The minimum Gasteiger partial charge on any atom is -0.380 e. The highest BCUT2D eigenvalue weighted by molar-refractivity contribution is 6.30. The molecule has 2 saturated heterocycles. The van der Waals surface area contributed by atoms with Gasteiger partial charge in [0.2, 0.25) is 5.91 Å². The molecule has 1 amide bonds. The number of benzene rings is 1. The minimum absolute atomic E-state index is 0.171. The summed E-state index contributed by atoms with van der Waals surface area (Å²) >= 11 is 6.11. The third-order valence-corrected chi connectivity index (χ3v) is 7.51. The largest absolute Gasteiger partial charge is 0.380 e. The molecule has 2 fully saturated rings. The molecular formula is C25H32ClN5O2. The molecule has 1 aromatic carbocycles. The van der Waals surface area contributed by atoms with Gasteiger partial charge in [-0.05, 0) is 42.9 Å². The van der Waals surface area contributed by atoms with Gasteiger partial charge in [0.05, 0.1) is 12.5 Å². The summed E-state index contributed by atoms with van der Waals surface area (Å²) in [6.45, 7) is 7.33. The third-order valence-electron chi connectivity index (χ3n) is 7.25. The zero-order chi connectivity index (χ0) is 22.8. The summed E-state index contributed by atoms with van der Waals surface area (Å²) in [6.07, 6.45) is 4.86. The average Bonchev–Trinajstić information content (AvgIpc) is 3.50. The lowest BCUT2D eigenvalue weighted by Gasteiger charge is -2.38. The molecule has 33 heavy (non-hydrogen) atoms. The number of ether oxygens (including phenoxy) is 1. The molecule has 0 saturated carbocycles. The van der Waals surface area contributed by atoms with Gasteiger partial charge in [-0.3, -0.25) is 4.79 Å². The normalized spacial score (nSPS) is 23.6. The first kappa shape index (κ1) is 22.6. The van der Waals surface area contributed by atoms with Gasteiger partial charge in [-0.25, -0.2) is 9.97 Å². The van der Waals surface area contributed by atoms with Gasteiger partial charge in [0, 0.05) is 61.7 Å². The number of hydrogen-bond donors (Lipinski definition) is 1. The Morgan fingerprint density at radius 2 is 1.97 bits per heavy atom. The predicted octanol–water partition coefficient (Wildman–Crippen LogP) is 2.99. The number of carbonyl (C=O) groups is 1. The summed E-state index contributed by atoms with van der Waals surface area (Å²) < 4.78 is 5.49. The molecule has 3 aliphatic rings. The van der Waals surface area contributed by atoms with Crippen molar-refractivity contribution in [1.82, 2.24) is 20.2 Å². The number of hydrogen-bond acceptors (Lipinski definition) is 6. The van der Waals surface area contributed by atoms with Crippen LogP contribution >= 0.6 is 11.6 Å². The Labute approximate surface area is 200 Å². The van der Waals surface area contributed by atoms with E-state index in [1.165, 1.54) is 11.3 Å². The topological polar surface area (TPSA) is 70.6 Å². The number of carbonyl (C=O) groups excluding carboxylic acids is 1. The van der Waals surface area contributed by atoms with Crippen LogP contribution in [-0.4, -0.2) is 72.8 Å². The van der Waals surface area contributed by atoms with Gasteiger partial charge in [0.15, 0.2) is 0 Å². The molecule has 8 heteroatoms. The molecule has 0 spiro atoms. The van der Waals surface area contributed by atoms with E-state index in [2.05, 4.69) is 27.1 Å². The van der Waals surface area contributed by atoms with Crippen molar-refractivity contribution in [3.8, 4) is 0 Å². The average molecular weight is 470 g/mol. The fourth-order valence-corrected chi connectivity index (χ4v) is 5.38. The molecular weight excluding hydrogens is 438 g/mol. The molecule has 3 heterocycles. The van der Waals surface area contributed by atoms with Crippen LogP contribution in [0.25, 0.3) is 0 Å². The fourth-order valence-electron chi connectivity index (χ4n) is 5.26. The molecule has 1 N–H and O–H groups in total. The summed E-state index contributed by atoms with van der Waals surface area (Å²) in [5.41, 5.74) is 3.50. The van der Waals surface area contributed by atoms with Crippen LogP contribution in [0.15, 0.2) is 30.6 Å². The van der Waals surface area contributed by atoms with E-state index in [4.69, 9.17) is 16.3 Å². The molecule has 1 unspecified atom stereocenters. The van der Waals surface area contributed by atoms with E-state index in [9.17, 15) is 4.79 Å². The minimum atomic E-state index is -0.238. The SMILES string of the molecule is C[C@@H]1CCc2ncnc(N3CCN(C(=O)[C@H](CNC4CCOC4)c4ccc(Cl)cc4)CC3)c21. The molecule has 0 radical (unpaired) electrons. The van der Waals surface area contributed by atoms with Crippen LogP contribution in [0.1, 0.15) is 48.4 Å². The second-order valence-corrected chi connectivity index (χ2v) is 9.82. The first-order valence-corrected chi connectivity index (χ1v) is 12.4. The van der Waals surface area contributed by atoms with E-state index in [1.807, 2.05) is 29.2 Å². The third kappa shape index (κ3) is 4.86. The number of aryl methyl sites for hydroxylation is 1. The van der Waals surface area contributed by atoms with E-state index < -0.39 is 0 Å². The summed E-state index contributed by atoms with van der Waals surface area (Å²) in [7, 11) is 0. The zero-order valence-electron chi connectivity index (χ0n) is 19.2. The highest BCUT2D eigenvalue weighted by Crippen LogP contribution is 2.37. The maximum atomic E-state index is 13.6. The molecule has 7 nitrogen and oxygen atoms in total. The van der Waals surface area contributed by atoms with Crippen LogP contribution < -0.4 is 10.2 Å². The lowest BCUT2D eigenvalue weighted by molar-refractivity contribution is -0.133. The van der Waals surface area contributed by atoms with Crippen LogP contribution in [0, 0.1) is 0 Å². The molecule has 1 aliphatic carbocycles. The molecule has 2 aliphatic heterocycles. The van der Waals surface area contributed by atoms with Gasteiger partial charge in [-0.1, -0.05) is 30.7 Å². The fraction of sp³-hybridized carbons (Fsp3) is 0.560. The Morgan fingerprint density at radius 1 is 1.18 bits per heavy atom. The predicted molar refractivity (Wildman–Crippen MR) is 129 cm³/mol. The maximum Gasteiger partial charge on any atom is 0.231 e. The number of nitrogens with one attached hydrogen (secondary N) is 1. The van der Waals surface area contributed by atoms with Gasteiger partial charge in [-0.2, -0.15) is 0 Å². The maximum absolute atomic E-state index is 13.6. The monoisotopic (exact) mass is 469 g/mol. The first-order chi connectivity index (χ1) is 16.1. The smallest absolute Gasteiger partial charge is 0.231 e. The summed E-state index contributed by atoms with van der Waals surface area (Å²) in [6, 6.07) is 7.99. The molecule has 176 valence electrons. The van der Waals surface area contributed by atoms with Gasteiger partial charge in [-0.15, -0.1) is 0 Å². The molecule has 5 rings (SSSR count). The molecule has 1 aromatic heterocycles. The van der Waals surface area contributed by atoms with Crippen LogP contribution in [0.3, 0.4) is 0 Å². The Kier molecular flexibility index (Phi) is 6.81. The van der Waals surface area contributed by atoms with Crippen molar-refractivity contribution in [3.05, 3.63) is 52.4 Å². The van der Waals surface area contributed by atoms with E-state index in [1.54, 1.807) is 6.33 Å². The number of anilines is 1. The quantitative estimate of drug-likeness (QED) is 0.701. The number of nitrogens with zero attached hydrogens (tertiary/aromatic N) is 4. The Balaban J connectivity index is 1.27. The van der Waals surface area contributed by atoms with Gasteiger partial charge < -0.3 is 19.9 Å². The second-order valence-electron chi connectivity index (χ2n) is 9.38. The summed E-state index contributed by atoms with van der Waals surface area (Å²) in [5, 5.41) is 4.23.